The number of hydrogen-bond donors (Lipinski definition) is 0. The molecule has 0 amide bonds. The lowest BCUT2D eigenvalue weighted by atomic mass is 9.98. The summed E-state index contributed by atoms with van der Waals surface area (Å²) in [7, 11) is 0. The molecule has 92 valence electrons. The quantitative estimate of drug-likeness (QED) is 0.776. The van der Waals surface area contributed by atoms with Crippen molar-refractivity contribution >= 4 is 5.78 Å². The molecule has 1 aromatic carbocycles. The molecule has 0 aliphatic carbocycles. The molecule has 2 aromatic rings. The van der Waals surface area contributed by atoms with Crippen molar-refractivity contribution in [1.29, 1.82) is 0 Å². The van der Waals surface area contributed by atoms with Crippen LogP contribution in [-0.2, 0) is 0 Å². The van der Waals surface area contributed by atoms with Gasteiger partial charge in [0.05, 0.1) is 0 Å². The second-order valence-electron chi connectivity index (χ2n) is 3.96. The Balaban J connectivity index is 2.48. The SMILES string of the molecule is Cc1ccc(C(=O)c2cccnc2)c(C(F)F)c1. The van der Waals surface area contributed by atoms with E-state index in [0.717, 1.165) is 0 Å². The average Bonchev–Trinajstić information content (AvgIpc) is 2.39. The normalized spacial score (nSPS) is 10.7. The van der Waals surface area contributed by atoms with E-state index >= 15 is 0 Å². The van der Waals surface area contributed by atoms with Crippen LogP contribution >= 0.6 is 0 Å². The molecule has 0 fully saturated rings. The minimum absolute atomic E-state index is 0.0311. The van der Waals surface area contributed by atoms with Crippen molar-refractivity contribution in [2.24, 2.45) is 0 Å². The number of halogens is 2. The Kier molecular flexibility index (Phi) is 3.46. The molecule has 1 heterocycles. The van der Waals surface area contributed by atoms with E-state index in [9.17, 15) is 13.6 Å². The first-order valence-corrected chi connectivity index (χ1v) is 5.43. The number of ketones is 1. The lowest BCUT2D eigenvalue weighted by molar-refractivity contribution is 0.102. The third-order valence-corrected chi connectivity index (χ3v) is 2.61. The van der Waals surface area contributed by atoms with Crippen LogP contribution in [0.3, 0.4) is 0 Å². The molecular weight excluding hydrogens is 236 g/mol. The molecule has 1 aromatic heterocycles. The average molecular weight is 247 g/mol. The molecule has 0 radical (unpaired) electrons. The van der Waals surface area contributed by atoms with E-state index in [1.807, 2.05) is 0 Å². The van der Waals surface area contributed by atoms with Gasteiger partial charge in [-0.3, -0.25) is 9.78 Å². The zero-order valence-electron chi connectivity index (χ0n) is 9.73. The topological polar surface area (TPSA) is 30.0 Å². The summed E-state index contributed by atoms with van der Waals surface area (Å²) >= 11 is 0. The number of aromatic nitrogens is 1. The molecule has 2 nitrogen and oxygen atoms in total. The summed E-state index contributed by atoms with van der Waals surface area (Å²) in [5, 5.41) is 0. The summed E-state index contributed by atoms with van der Waals surface area (Å²) in [6.45, 7) is 1.71. The fraction of sp³-hybridized carbons (Fsp3) is 0.143. The van der Waals surface area contributed by atoms with Gasteiger partial charge in [0.2, 0.25) is 0 Å². The van der Waals surface area contributed by atoms with Crippen molar-refractivity contribution < 1.29 is 13.6 Å². The Morgan fingerprint density at radius 1 is 1.28 bits per heavy atom. The van der Waals surface area contributed by atoms with Crippen LogP contribution in [0.25, 0.3) is 0 Å². The number of carbonyl (C=O) groups is 1. The number of rotatable bonds is 3. The summed E-state index contributed by atoms with van der Waals surface area (Å²) in [4.78, 5) is 15.9. The smallest absolute Gasteiger partial charge is 0.264 e. The summed E-state index contributed by atoms with van der Waals surface area (Å²) in [6.07, 6.45) is 0.234. The first-order chi connectivity index (χ1) is 8.59. The number of alkyl halides is 2. The highest BCUT2D eigenvalue weighted by atomic mass is 19.3. The summed E-state index contributed by atoms with van der Waals surface area (Å²) < 4.78 is 25.8. The van der Waals surface area contributed by atoms with E-state index in [1.54, 1.807) is 25.1 Å². The number of hydrogen-bond acceptors (Lipinski definition) is 2. The molecule has 0 saturated heterocycles. The molecule has 0 N–H and O–H groups in total. The molecule has 0 atom stereocenters. The van der Waals surface area contributed by atoms with E-state index in [-0.39, 0.29) is 11.1 Å². The van der Waals surface area contributed by atoms with Gasteiger partial charge in [-0.2, -0.15) is 0 Å². The van der Waals surface area contributed by atoms with Crippen molar-refractivity contribution in [2.75, 3.05) is 0 Å². The van der Waals surface area contributed by atoms with Gasteiger partial charge in [-0.25, -0.2) is 8.78 Å². The van der Waals surface area contributed by atoms with Gasteiger partial charge in [-0.15, -0.1) is 0 Å². The molecule has 2 rings (SSSR count). The highest BCUT2D eigenvalue weighted by Crippen LogP contribution is 2.25. The Morgan fingerprint density at radius 2 is 2.06 bits per heavy atom. The lowest BCUT2D eigenvalue weighted by Crippen LogP contribution is -2.06. The van der Waals surface area contributed by atoms with E-state index in [0.29, 0.717) is 11.1 Å². The predicted molar refractivity (Wildman–Crippen MR) is 63.8 cm³/mol. The van der Waals surface area contributed by atoms with Crippen LogP contribution in [0.2, 0.25) is 0 Å². The third-order valence-electron chi connectivity index (χ3n) is 2.61. The van der Waals surface area contributed by atoms with Crippen LogP contribution in [0.4, 0.5) is 8.78 Å². The monoisotopic (exact) mass is 247 g/mol. The van der Waals surface area contributed by atoms with Crippen LogP contribution in [0.15, 0.2) is 42.7 Å². The maximum Gasteiger partial charge on any atom is 0.264 e. The van der Waals surface area contributed by atoms with Crippen LogP contribution in [0.1, 0.15) is 33.5 Å². The fourth-order valence-electron chi connectivity index (χ4n) is 1.72. The van der Waals surface area contributed by atoms with Crippen molar-refractivity contribution in [1.82, 2.24) is 4.98 Å². The Morgan fingerprint density at radius 3 is 2.67 bits per heavy atom. The van der Waals surface area contributed by atoms with Gasteiger partial charge < -0.3 is 0 Å². The lowest BCUT2D eigenvalue weighted by Gasteiger charge is -2.08. The molecule has 0 spiro atoms. The molecule has 4 heteroatoms. The van der Waals surface area contributed by atoms with E-state index < -0.39 is 12.2 Å². The molecular formula is C14H11F2NO. The second kappa shape index (κ2) is 5.04. The van der Waals surface area contributed by atoms with Gasteiger partial charge in [-0.05, 0) is 25.1 Å². The van der Waals surface area contributed by atoms with E-state index in [2.05, 4.69) is 4.98 Å². The van der Waals surface area contributed by atoms with Crippen molar-refractivity contribution in [3.05, 3.63) is 65.0 Å². The summed E-state index contributed by atoms with van der Waals surface area (Å²) in [5.74, 6) is -0.432. The van der Waals surface area contributed by atoms with Gasteiger partial charge in [0.1, 0.15) is 0 Å². The molecule has 0 aliphatic heterocycles. The molecule has 0 aliphatic rings. The Hall–Kier alpha value is -2.10. The zero-order chi connectivity index (χ0) is 13.1. The maximum absolute atomic E-state index is 12.9. The number of carbonyl (C=O) groups excluding carboxylic acids is 1. The number of pyridine rings is 1. The first-order valence-electron chi connectivity index (χ1n) is 5.43. The third kappa shape index (κ3) is 2.42. The number of benzene rings is 1. The highest BCUT2D eigenvalue weighted by Gasteiger charge is 2.19. The van der Waals surface area contributed by atoms with Gasteiger partial charge in [0.15, 0.2) is 5.78 Å². The van der Waals surface area contributed by atoms with Crippen LogP contribution in [-0.4, -0.2) is 10.8 Å². The summed E-state index contributed by atoms with van der Waals surface area (Å²) in [5.41, 5.74) is 0.809. The molecule has 0 bridgehead atoms. The first kappa shape index (κ1) is 12.4. The van der Waals surface area contributed by atoms with Gasteiger partial charge in [0.25, 0.3) is 6.43 Å². The van der Waals surface area contributed by atoms with E-state index in [4.69, 9.17) is 0 Å². The highest BCUT2D eigenvalue weighted by molar-refractivity contribution is 6.09. The van der Waals surface area contributed by atoms with E-state index in [1.165, 1.54) is 24.5 Å². The second-order valence-corrected chi connectivity index (χ2v) is 3.96. The van der Waals surface area contributed by atoms with Crippen LogP contribution in [0, 0.1) is 6.92 Å². The fourth-order valence-corrected chi connectivity index (χ4v) is 1.72. The van der Waals surface area contributed by atoms with Gasteiger partial charge in [-0.1, -0.05) is 17.7 Å². The Bertz CT molecular complexity index is 567. The number of nitrogens with zero attached hydrogens (tertiary/aromatic N) is 1. The predicted octanol–water partition coefficient (Wildman–Crippen LogP) is 3.56. The number of aryl methyl sites for hydroxylation is 1. The molecule has 18 heavy (non-hydrogen) atoms. The zero-order valence-corrected chi connectivity index (χ0v) is 9.73. The molecule has 0 saturated carbocycles. The minimum Gasteiger partial charge on any atom is -0.289 e. The van der Waals surface area contributed by atoms with Crippen LogP contribution < -0.4 is 0 Å². The Labute approximate surface area is 103 Å². The van der Waals surface area contributed by atoms with Crippen LogP contribution in [0.5, 0.6) is 0 Å². The minimum atomic E-state index is -2.67. The summed E-state index contributed by atoms with van der Waals surface area (Å²) in [6, 6.07) is 7.59. The van der Waals surface area contributed by atoms with Crippen molar-refractivity contribution in [3.63, 3.8) is 0 Å². The standard InChI is InChI=1S/C14H11F2NO/c1-9-4-5-11(12(7-9)14(15)16)13(18)10-3-2-6-17-8-10/h2-8,14H,1H3. The molecule has 0 unspecified atom stereocenters. The van der Waals surface area contributed by atoms with Crippen molar-refractivity contribution in [3.8, 4) is 0 Å². The van der Waals surface area contributed by atoms with Crippen molar-refractivity contribution in [2.45, 2.75) is 13.3 Å². The van der Waals surface area contributed by atoms with Gasteiger partial charge >= 0.3 is 0 Å². The maximum atomic E-state index is 12.9. The largest absolute Gasteiger partial charge is 0.289 e. The van der Waals surface area contributed by atoms with Gasteiger partial charge in [0, 0.05) is 29.1 Å².